The van der Waals surface area contributed by atoms with Gasteiger partial charge in [0.1, 0.15) is 5.78 Å². The highest BCUT2D eigenvalue weighted by atomic mass is 16.1. The van der Waals surface area contributed by atoms with Crippen LogP contribution in [0.5, 0.6) is 0 Å². The molecule has 0 N–H and O–H groups in total. The Hall–Kier alpha value is -0.330. The number of carbonyl (C=O) groups excluding carboxylic acids is 1. The van der Waals surface area contributed by atoms with Gasteiger partial charge in [0.25, 0.3) is 0 Å². The van der Waals surface area contributed by atoms with Crippen LogP contribution in [0, 0.1) is 17.3 Å². The fourth-order valence-corrected chi connectivity index (χ4v) is 3.75. The third-order valence-corrected chi connectivity index (χ3v) is 4.26. The van der Waals surface area contributed by atoms with Crippen molar-refractivity contribution in [2.75, 3.05) is 0 Å². The normalized spacial score (nSPS) is 53.6. The first-order chi connectivity index (χ1) is 5.36. The van der Waals surface area contributed by atoms with Gasteiger partial charge in [0.2, 0.25) is 0 Å². The first-order valence-corrected chi connectivity index (χ1v) is 4.89. The molecule has 3 rings (SSSR count). The second-order valence-corrected chi connectivity index (χ2v) is 4.46. The van der Waals surface area contributed by atoms with Gasteiger partial charge < -0.3 is 0 Å². The highest BCUT2D eigenvalue weighted by Gasteiger charge is 2.70. The van der Waals surface area contributed by atoms with Gasteiger partial charge in [0, 0.05) is 11.8 Å². The number of carbonyl (C=O) groups is 1. The fraction of sp³-hybridized carbons (Fsp3) is 0.900. The van der Waals surface area contributed by atoms with Gasteiger partial charge in [-0.25, -0.2) is 0 Å². The van der Waals surface area contributed by atoms with Crippen molar-refractivity contribution in [3.63, 3.8) is 0 Å². The van der Waals surface area contributed by atoms with Gasteiger partial charge in [-0.15, -0.1) is 0 Å². The van der Waals surface area contributed by atoms with Crippen LogP contribution in [0.15, 0.2) is 0 Å². The van der Waals surface area contributed by atoms with Crippen molar-refractivity contribution < 1.29 is 4.79 Å². The van der Waals surface area contributed by atoms with Crippen molar-refractivity contribution in [2.24, 2.45) is 17.3 Å². The van der Waals surface area contributed by atoms with E-state index in [9.17, 15) is 4.79 Å². The predicted molar refractivity (Wildman–Crippen MR) is 42.1 cm³/mol. The summed E-state index contributed by atoms with van der Waals surface area (Å²) in [6.45, 7) is 0. The lowest BCUT2D eigenvalue weighted by Gasteiger charge is -2.18. The molecule has 0 aromatic rings. The molecular weight excluding hydrogens is 136 g/mol. The van der Waals surface area contributed by atoms with Crippen molar-refractivity contribution >= 4 is 5.78 Å². The van der Waals surface area contributed by atoms with Crippen LogP contribution in [-0.2, 0) is 4.79 Å². The van der Waals surface area contributed by atoms with Crippen LogP contribution in [0.1, 0.15) is 38.5 Å². The molecule has 0 aromatic carbocycles. The Morgan fingerprint density at radius 3 is 2.82 bits per heavy atom. The number of Topliss-reactive ketones (excluding diaryl/α,β-unsaturated/α-hetero) is 1. The summed E-state index contributed by atoms with van der Waals surface area (Å²) in [5.74, 6) is 2.31. The summed E-state index contributed by atoms with van der Waals surface area (Å²) >= 11 is 0. The van der Waals surface area contributed by atoms with Gasteiger partial charge in [-0.3, -0.25) is 4.79 Å². The highest BCUT2D eigenvalue weighted by molar-refractivity contribution is 5.91. The molecule has 3 aliphatic rings. The molecule has 0 amide bonds. The molecule has 0 heterocycles. The maximum Gasteiger partial charge on any atom is 0.139 e. The molecule has 0 bridgehead atoms. The Labute approximate surface area is 67.2 Å². The number of hydrogen-bond donors (Lipinski definition) is 0. The molecular formula is C10H14O. The molecule has 3 atom stereocenters. The van der Waals surface area contributed by atoms with Gasteiger partial charge in [-0.05, 0) is 31.1 Å². The van der Waals surface area contributed by atoms with E-state index in [4.69, 9.17) is 0 Å². The van der Waals surface area contributed by atoms with E-state index in [0.29, 0.717) is 5.78 Å². The predicted octanol–water partition coefficient (Wildman–Crippen LogP) is 2.16. The lowest BCUT2D eigenvalue weighted by Crippen LogP contribution is -2.18. The number of fused-ring (bicyclic) bond motifs is 1. The van der Waals surface area contributed by atoms with E-state index in [2.05, 4.69) is 0 Å². The summed E-state index contributed by atoms with van der Waals surface area (Å²) in [4.78, 5) is 11.6. The van der Waals surface area contributed by atoms with E-state index < -0.39 is 0 Å². The van der Waals surface area contributed by atoms with Crippen molar-refractivity contribution in [3.05, 3.63) is 0 Å². The summed E-state index contributed by atoms with van der Waals surface area (Å²) in [5.41, 5.74) is 0.276. The third-order valence-electron chi connectivity index (χ3n) is 4.26. The molecule has 1 nitrogen and oxygen atoms in total. The van der Waals surface area contributed by atoms with Gasteiger partial charge >= 0.3 is 0 Å². The number of rotatable bonds is 0. The van der Waals surface area contributed by atoms with Crippen LogP contribution >= 0.6 is 0 Å². The number of ketones is 1. The largest absolute Gasteiger partial charge is 0.299 e. The minimum Gasteiger partial charge on any atom is -0.299 e. The summed E-state index contributed by atoms with van der Waals surface area (Å²) in [5, 5.41) is 0. The quantitative estimate of drug-likeness (QED) is 0.517. The zero-order valence-corrected chi connectivity index (χ0v) is 6.81. The maximum absolute atomic E-state index is 11.6. The van der Waals surface area contributed by atoms with Crippen molar-refractivity contribution in [1.82, 2.24) is 0 Å². The third kappa shape index (κ3) is 0.533. The summed E-state index contributed by atoms with van der Waals surface area (Å²) < 4.78 is 0. The van der Waals surface area contributed by atoms with E-state index in [-0.39, 0.29) is 5.41 Å². The zero-order valence-electron chi connectivity index (χ0n) is 6.81. The Morgan fingerprint density at radius 2 is 2.00 bits per heavy atom. The second kappa shape index (κ2) is 1.70. The molecule has 3 aliphatic carbocycles. The molecule has 1 heteroatoms. The molecule has 3 saturated carbocycles. The molecule has 0 aliphatic heterocycles. The topological polar surface area (TPSA) is 17.1 Å². The SMILES string of the molecule is O=C1CC[C@H]2[C@@H]3CCCC[C@@]132. The van der Waals surface area contributed by atoms with Crippen molar-refractivity contribution in [2.45, 2.75) is 38.5 Å². The van der Waals surface area contributed by atoms with Crippen LogP contribution in [0.3, 0.4) is 0 Å². The van der Waals surface area contributed by atoms with Crippen LogP contribution in [-0.4, -0.2) is 5.78 Å². The minimum atomic E-state index is 0.276. The monoisotopic (exact) mass is 150 g/mol. The van der Waals surface area contributed by atoms with Gasteiger partial charge in [0.15, 0.2) is 0 Å². The Bertz CT molecular complexity index is 215. The highest BCUT2D eigenvalue weighted by Crippen LogP contribution is 2.72. The van der Waals surface area contributed by atoms with Crippen LogP contribution in [0.2, 0.25) is 0 Å². The fourth-order valence-electron chi connectivity index (χ4n) is 3.75. The lowest BCUT2D eigenvalue weighted by molar-refractivity contribution is -0.124. The van der Waals surface area contributed by atoms with Gasteiger partial charge in [-0.2, -0.15) is 0 Å². The first-order valence-electron chi connectivity index (χ1n) is 4.89. The van der Waals surface area contributed by atoms with Crippen molar-refractivity contribution in [3.8, 4) is 0 Å². The van der Waals surface area contributed by atoms with Crippen LogP contribution in [0.4, 0.5) is 0 Å². The minimum absolute atomic E-state index is 0.276. The molecule has 0 saturated heterocycles. The van der Waals surface area contributed by atoms with Crippen LogP contribution < -0.4 is 0 Å². The number of hydrogen-bond acceptors (Lipinski definition) is 1. The van der Waals surface area contributed by atoms with E-state index in [1.54, 1.807) is 0 Å². The Morgan fingerprint density at radius 1 is 1.18 bits per heavy atom. The van der Waals surface area contributed by atoms with Gasteiger partial charge in [-0.1, -0.05) is 12.8 Å². The molecule has 60 valence electrons. The standard InChI is InChI=1S/C10H14O/c11-9-5-4-8-7-3-1-2-6-10(7,8)9/h7-8H,1-6H2/t7-,8-,10+/m0/s1. The second-order valence-electron chi connectivity index (χ2n) is 4.46. The molecule has 1 spiro atoms. The molecule has 0 aromatic heterocycles. The molecule has 3 fully saturated rings. The molecule has 0 unspecified atom stereocenters. The van der Waals surface area contributed by atoms with E-state index in [0.717, 1.165) is 18.3 Å². The van der Waals surface area contributed by atoms with E-state index in [1.165, 1.54) is 32.1 Å². The van der Waals surface area contributed by atoms with Crippen molar-refractivity contribution in [1.29, 1.82) is 0 Å². The summed E-state index contributed by atoms with van der Waals surface area (Å²) in [6, 6.07) is 0. The lowest BCUT2D eigenvalue weighted by atomic mass is 9.85. The summed E-state index contributed by atoms with van der Waals surface area (Å²) in [7, 11) is 0. The molecule has 11 heavy (non-hydrogen) atoms. The first kappa shape index (κ1) is 6.22. The van der Waals surface area contributed by atoms with Gasteiger partial charge in [0.05, 0.1) is 0 Å². The summed E-state index contributed by atoms with van der Waals surface area (Å²) in [6.07, 6.45) is 7.43. The Kier molecular flexibility index (Phi) is 0.961. The van der Waals surface area contributed by atoms with Crippen LogP contribution in [0.25, 0.3) is 0 Å². The average molecular weight is 150 g/mol. The molecule has 0 radical (unpaired) electrons. The average Bonchev–Trinajstić information content (AvgIpc) is 2.61. The zero-order chi connectivity index (χ0) is 7.47. The Balaban J connectivity index is 1.96. The van der Waals surface area contributed by atoms with E-state index in [1.807, 2.05) is 0 Å². The maximum atomic E-state index is 11.6. The van der Waals surface area contributed by atoms with E-state index >= 15 is 0 Å². The smallest absolute Gasteiger partial charge is 0.139 e.